The maximum absolute atomic E-state index is 5.07. The topological polar surface area (TPSA) is 24.3 Å². The highest BCUT2D eigenvalue weighted by Gasteiger charge is 2.27. The quantitative estimate of drug-likeness (QED) is 0.656. The van der Waals surface area contributed by atoms with Gasteiger partial charge in [0.15, 0.2) is 0 Å². The molecule has 29 heavy (non-hydrogen) atoms. The number of hydrogen-bond donors (Lipinski definition) is 0. The summed E-state index contributed by atoms with van der Waals surface area (Å²) in [4.78, 5) is 10.3. The van der Waals surface area contributed by atoms with Gasteiger partial charge in [-0.05, 0) is 55.5 Å². The first-order valence-corrected chi connectivity index (χ1v) is 11.3. The van der Waals surface area contributed by atoms with Crippen molar-refractivity contribution in [1.82, 2.24) is 14.5 Å². The zero-order valence-electron chi connectivity index (χ0n) is 17.4. The molecule has 0 N–H and O–H groups in total. The second-order valence-corrected chi connectivity index (χ2v) is 9.17. The van der Waals surface area contributed by atoms with E-state index in [-0.39, 0.29) is 0 Å². The molecule has 1 saturated carbocycles. The number of benzene rings is 2. The fraction of sp³-hybridized carbons (Fsp3) is 0.480. The van der Waals surface area contributed by atoms with E-state index in [4.69, 9.17) is 4.98 Å². The first kappa shape index (κ1) is 17.5. The third-order valence-corrected chi connectivity index (χ3v) is 7.37. The van der Waals surface area contributed by atoms with E-state index in [1.807, 2.05) is 0 Å². The molecule has 1 fully saturated rings. The minimum absolute atomic E-state index is 0.836. The molecular formula is C25H30N4. The van der Waals surface area contributed by atoms with Crippen molar-refractivity contribution >= 4 is 16.7 Å². The van der Waals surface area contributed by atoms with Crippen LogP contribution in [-0.4, -0.2) is 40.1 Å². The molecule has 1 aliphatic carbocycles. The molecule has 3 heterocycles. The van der Waals surface area contributed by atoms with Gasteiger partial charge >= 0.3 is 0 Å². The molecule has 0 atom stereocenters. The van der Waals surface area contributed by atoms with Crippen LogP contribution in [-0.2, 0) is 25.9 Å². The maximum Gasteiger partial charge on any atom is 0.111 e. The van der Waals surface area contributed by atoms with Gasteiger partial charge in [0.25, 0.3) is 0 Å². The Bertz CT molecular complexity index is 1060. The number of imidazole rings is 1. The molecule has 0 saturated heterocycles. The van der Waals surface area contributed by atoms with Crippen molar-refractivity contribution in [2.24, 2.45) is 0 Å². The summed E-state index contributed by atoms with van der Waals surface area (Å²) in [7, 11) is 0. The van der Waals surface area contributed by atoms with Gasteiger partial charge in [-0.15, -0.1) is 0 Å². The third-order valence-electron chi connectivity index (χ3n) is 7.37. The van der Waals surface area contributed by atoms with Crippen molar-refractivity contribution in [3.8, 4) is 0 Å². The molecule has 0 radical (unpaired) electrons. The van der Waals surface area contributed by atoms with E-state index >= 15 is 0 Å². The number of nitrogens with zero attached hydrogens (tertiary/aromatic N) is 4. The molecular weight excluding hydrogens is 356 g/mol. The Kier molecular flexibility index (Phi) is 4.15. The molecule has 3 aromatic rings. The Morgan fingerprint density at radius 3 is 2.69 bits per heavy atom. The van der Waals surface area contributed by atoms with Crippen LogP contribution in [0.1, 0.15) is 41.8 Å². The average molecular weight is 387 g/mol. The second kappa shape index (κ2) is 6.88. The number of hydrogen-bond acceptors (Lipinski definition) is 3. The van der Waals surface area contributed by atoms with Gasteiger partial charge in [-0.1, -0.05) is 30.2 Å². The van der Waals surface area contributed by atoms with Gasteiger partial charge in [-0.25, -0.2) is 4.98 Å². The van der Waals surface area contributed by atoms with Crippen LogP contribution in [0.3, 0.4) is 0 Å². The Morgan fingerprint density at radius 1 is 0.897 bits per heavy atom. The smallest absolute Gasteiger partial charge is 0.111 e. The van der Waals surface area contributed by atoms with Crippen molar-refractivity contribution in [3.05, 3.63) is 58.9 Å². The second-order valence-electron chi connectivity index (χ2n) is 9.17. The lowest BCUT2D eigenvalue weighted by atomic mass is 9.91. The van der Waals surface area contributed by atoms with Crippen molar-refractivity contribution in [1.29, 1.82) is 0 Å². The third kappa shape index (κ3) is 3.05. The van der Waals surface area contributed by atoms with Gasteiger partial charge in [0, 0.05) is 50.9 Å². The minimum atomic E-state index is 0.836. The average Bonchev–Trinajstić information content (AvgIpc) is 2.92. The van der Waals surface area contributed by atoms with Crippen LogP contribution in [0.25, 0.3) is 11.0 Å². The standard InChI is InChI=1S/C25H30N4/c1-18-5-6-19-9-11-28(17-20(19)15-18)22-7-8-24-23(16-22)26-25-10-12-27(13-14-29(24)25)21-3-2-4-21/h5-8,15-16,21H,2-4,9-14,17H2,1H3. The SMILES string of the molecule is Cc1ccc2c(c1)CN(c1ccc3c(c1)nc1n3CCN(C3CCC3)CC1)CC2. The number of anilines is 1. The lowest BCUT2D eigenvalue weighted by molar-refractivity contribution is 0.130. The monoisotopic (exact) mass is 386 g/mol. The first-order chi connectivity index (χ1) is 14.2. The minimum Gasteiger partial charge on any atom is -0.367 e. The first-order valence-electron chi connectivity index (χ1n) is 11.3. The van der Waals surface area contributed by atoms with E-state index in [0.29, 0.717) is 0 Å². The van der Waals surface area contributed by atoms with Crippen molar-refractivity contribution in [2.45, 2.75) is 58.2 Å². The Balaban J connectivity index is 1.26. The summed E-state index contributed by atoms with van der Waals surface area (Å²) in [5.74, 6) is 1.28. The van der Waals surface area contributed by atoms with Gasteiger partial charge in [0.2, 0.25) is 0 Å². The number of fused-ring (bicyclic) bond motifs is 4. The van der Waals surface area contributed by atoms with E-state index in [1.165, 1.54) is 71.6 Å². The largest absolute Gasteiger partial charge is 0.367 e. The molecule has 1 aromatic heterocycles. The highest BCUT2D eigenvalue weighted by molar-refractivity contribution is 5.80. The van der Waals surface area contributed by atoms with Crippen LogP contribution < -0.4 is 4.90 Å². The normalized spacial score (nSPS) is 20.2. The predicted octanol–water partition coefficient (Wildman–Crippen LogP) is 4.32. The molecule has 2 aromatic carbocycles. The fourth-order valence-corrected chi connectivity index (χ4v) is 5.41. The summed E-state index contributed by atoms with van der Waals surface area (Å²) in [6, 6.07) is 14.7. The lowest BCUT2D eigenvalue weighted by Gasteiger charge is -2.36. The lowest BCUT2D eigenvalue weighted by Crippen LogP contribution is -2.41. The number of aryl methyl sites for hydroxylation is 1. The predicted molar refractivity (Wildman–Crippen MR) is 119 cm³/mol. The Morgan fingerprint density at radius 2 is 1.83 bits per heavy atom. The zero-order valence-corrected chi connectivity index (χ0v) is 17.4. The molecule has 150 valence electrons. The summed E-state index contributed by atoms with van der Waals surface area (Å²) in [6.45, 7) is 7.71. The molecule has 4 heteroatoms. The van der Waals surface area contributed by atoms with Crippen LogP contribution in [0.15, 0.2) is 36.4 Å². The summed E-state index contributed by atoms with van der Waals surface area (Å²) < 4.78 is 2.48. The Hall–Kier alpha value is -2.33. The molecule has 0 bridgehead atoms. The molecule has 3 aliphatic rings. The highest BCUT2D eigenvalue weighted by Crippen LogP contribution is 2.30. The van der Waals surface area contributed by atoms with Gasteiger partial charge < -0.3 is 9.47 Å². The highest BCUT2D eigenvalue weighted by atomic mass is 15.2. The van der Waals surface area contributed by atoms with E-state index < -0.39 is 0 Å². The van der Waals surface area contributed by atoms with Crippen LogP contribution in [0, 0.1) is 6.92 Å². The molecule has 0 unspecified atom stereocenters. The van der Waals surface area contributed by atoms with Crippen LogP contribution in [0.4, 0.5) is 5.69 Å². The van der Waals surface area contributed by atoms with E-state index in [0.717, 1.165) is 38.5 Å². The fourth-order valence-electron chi connectivity index (χ4n) is 5.41. The number of aromatic nitrogens is 2. The van der Waals surface area contributed by atoms with E-state index in [2.05, 4.69) is 57.7 Å². The summed E-state index contributed by atoms with van der Waals surface area (Å²) in [5, 5.41) is 0. The number of rotatable bonds is 2. The molecule has 0 amide bonds. The van der Waals surface area contributed by atoms with Crippen LogP contribution >= 0.6 is 0 Å². The van der Waals surface area contributed by atoms with Gasteiger partial charge in [-0.2, -0.15) is 0 Å². The molecule has 6 rings (SSSR count). The molecule has 4 nitrogen and oxygen atoms in total. The van der Waals surface area contributed by atoms with Crippen molar-refractivity contribution < 1.29 is 0 Å². The van der Waals surface area contributed by atoms with Gasteiger partial charge in [-0.3, -0.25) is 4.90 Å². The van der Waals surface area contributed by atoms with Crippen molar-refractivity contribution in [2.75, 3.05) is 24.5 Å². The summed E-state index contributed by atoms with van der Waals surface area (Å²) in [6.07, 6.45) is 6.41. The van der Waals surface area contributed by atoms with Crippen molar-refractivity contribution in [3.63, 3.8) is 0 Å². The van der Waals surface area contributed by atoms with Gasteiger partial charge in [0.1, 0.15) is 5.82 Å². The summed E-state index contributed by atoms with van der Waals surface area (Å²) in [5.41, 5.74) is 8.15. The van der Waals surface area contributed by atoms with Gasteiger partial charge in [0.05, 0.1) is 11.0 Å². The van der Waals surface area contributed by atoms with Crippen LogP contribution in [0.5, 0.6) is 0 Å². The Labute approximate surface area is 173 Å². The molecule has 0 spiro atoms. The molecule has 2 aliphatic heterocycles. The maximum atomic E-state index is 5.07. The van der Waals surface area contributed by atoms with E-state index in [1.54, 1.807) is 0 Å². The summed E-state index contributed by atoms with van der Waals surface area (Å²) >= 11 is 0. The zero-order chi connectivity index (χ0) is 19.4. The van der Waals surface area contributed by atoms with Crippen LogP contribution in [0.2, 0.25) is 0 Å². The van der Waals surface area contributed by atoms with E-state index in [9.17, 15) is 0 Å².